The lowest BCUT2D eigenvalue weighted by atomic mass is 10.2. The Balaban J connectivity index is 2.92. The molecule has 0 aliphatic heterocycles. The molecule has 0 fully saturated rings. The molecule has 0 atom stereocenters. The van der Waals surface area contributed by atoms with Crippen LogP contribution in [0.25, 0.3) is 10.9 Å². The van der Waals surface area contributed by atoms with Crippen LogP contribution >= 0.6 is 0 Å². The largest absolute Gasteiger partial charge is 0.332 e. The van der Waals surface area contributed by atoms with Crippen molar-refractivity contribution >= 4 is 16.6 Å². The quantitative estimate of drug-likeness (QED) is 0.532. The molecule has 2 rings (SSSR count). The number of nitro groups is 1. The predicted octanol–water partition coefficient (Wildman–Crippen LogP) is 1.15. The highest BCUT2D eigenvalue weighted by molar-refractivity contribution is 5.80. The molecule has 16 heavy (non-hydrogen) atoms. The minimum atomic E-state index is -0.486. The van der Waals surface area contributed by atoms with E-state index in [0.29, 0.717) is 16.7 Å². The highest BCUT2D eigenvalue weighted by Crippen LogP contribution is 2.18. The molecule has 0 amide bonds. The Kier molecular flexibility index (Phi) is 2.19. The van der Waals surface area contributed by atoms with Gasteiger partial charge >= 0.3 is 0 Å². The van der Waals surface area contributed by atoms with Crippen LogP contribution in [0.3, 0.4) is 0 Å². The summed E-state index contributed by atoms with van der Waals surface area (Å²) in [6.45, 7) is 1.68. The molecule has 1 aromatic heterocycles. The molecule has 0 unspecified atom stereocenters. The fourth-order valence-corrected chi connectivity index (χ4v) is 1.55. The summed E-state index contributed by atoms with van der Waals surface area (Å²) in [7, 11) is 1.72. The Morgan fingerprint density at radius 1 is 1.44 bits per heavy atom. The van der Waals surface area contributed by atoms with Crippen molar-refractivity contribution in [2.45, 2.75) is 6.92 Å². The van der Waals surface area contributed by atoms with Gasteiger partial charge in [0, 0.05) is 19.2 Å². The number of fused-ring (bicyclic) bond motifs is 1. The summed E-state index contributed by atoms with van der Waals surface area (Å²) in [5.74, 6) is 0.526. The van der Waals surface area contributed by atoms with Crippen molar-refractivity contribution in [3.8, 4) is 0 Å². The number of non-ortho nitro benzene ring substituents is 1. The van der Waals surface area contributed by atoms with E-state index in [1.54, 1.807) is 18.5 Å². The third kappa shape index (κ3) is 1.44. The van der Waals surface area contributed by atoms with Crippen molar-refractivity contribution in [3.63, 3.8) is 0 Å². The third-order valence-corrected chi connectivity index (χ3v) is 2.53. The number of rotatable bonds is 1. The summed E-state index contributed by atoms with van der Waals surface area (Å²) in [6.07, 6.45) is 0. The molecule has 0 bridgehead atoms. The standard InChI is InChI=1S/C10H9N3O3/c1-6-11-10(14)8-4-3-7(13(15)16)5-9(8)12(6)2/h3-5H,1-2H3. The first kappa shape index (κ1) is 10.3. The molecule has 6 heteroatoms. The summed E-state index contributed by atoms with van der Waals surface area (Å²) >= 11 is 0. The second kappa shape index (κ2) is 3.41. The number of aryl methyl sites for hydroxylation is 2. The number of hydrogen-bond acceptors (Lipinski definition) is 4. The van der Waals surface area contributed by atoms with Crippen LogP contribution in [0.2, 0.25) is 0 Å². The fraction of sp³-hybridized carbons (Fsp3) is 0.200. The molecule has 6 nitrogen and oxygen atoms in total. The van der Waals surface area contributed by atoms with E-state index in [2.05, 4.69) is 4.98 Å². The van der Waals surface area contributed by atoms with Crippen molar-refractivity contribution in [3.05, 3.63) is 44.5 Å². The zero-order valence-electron chi connectivity index (χ0n) is 8.80. The van der Waals surface area contributed by atoms with Crippen LogP contribution in [0.5, 0.6) is 0 Å². The van der Waals surface area contributed by atoms with Gasteiger partial charge in [0.25, 0.3) is 11.2 Å². The molecule has 2 aromatic rings. The lowest BCUT2D eigenvalue weighted by molar-refractivity contribution is -0.384. The molecule has 0 spiro atoms. The minimum Gasteiger partial charge on any atom is -0.332 e. The molecule has 0 N–H and O–H groups in total. The van der Waals surface area contributed by atoms with E-state index < -0.39 is 4.92 Å². The van der Waals surface area contributed by atoms with Gasteiger partial charge in [0.15, 0.2) is 0 Å². The van der Waals surface area contributed by atoms with Crippen LogP contribution in [-0.2, 0) is 7.05 Å². The van der Waals surface area contributed by atoms with E-state index in [4.69, 9.17) is 0 Å². The van der Waals surface area contributed by atoms with Gasteiger partial charge in [-0.05, 0) is 13.0 Å². The van der Waals surface area contributed by atoms with Crippen LogP contribution in [-0.4, -0.2) is 14.5 Å². The Hall–Kier alpha value is -2.24. The number of nitrogens with zero attached hydrogens (tertiary/aromatic N) is 3. The normalized spacial score (nSPS) is 10.6. The predicted molar refractivity (Wildman–Crippen MR) is 58.4 cm³/mol. The van der Waals surface area contributed by atoms with Gasteiger partial charge in [-0.25, -0.2) is 0 Å². The van der Waals surface area contributed by atoms with Gasteiger partial charge in [0.1, 0.15) is 5.82 Å². The molecule has 82 valence electrons. The maximum absolute atomic E-state index is 11.5. The summed E-state index contributed by atoms with van der Waals surface area (Å²) in [4.78, 5) is 25.5. The first-order chi connectivity index (χ1) is 7.50. The van der Waals surface area contributed by atoms with Crippen molar-refractivity contribution in [2.75, 3.05) is 0 Å². The Morgan fingerprint density at radius 2 is 2.12 bits per heavy atom. The molecule has 1 aromatic carbocycles. The van der Waals surface area contributed by atoms with Gasteiger partial charge in [0.2, 0.25) is 0 Å². The van der Waals surface area contributed by atoms with Crippen LogP contribution in [0.4, 0.5) is 5.69 Å². The maximum atomic E-state index is 11.5. The van der Waals surface area contributed by atoms with E-state index in [1.165, 1.54) is 18.2 Å². The van der Waals surface area contributed by atoms with Gasteiger partial charge in [0.05, 0.1) is 15.8 Å². The summed E-state index contributed by atoms with van der Waals surface area (Å²) in [5.41, 5.74) is 0.125. The van der Waals surface area contributed by atoms with Crippen molar-refractivity contribution in [2.24, 2.45) is 7.05 Å². The SMILES string of the molecule is Cc1nc(=O)c2ccc([N+](=O)[O-])cc2n1C. The zero-order valence-corrected chi connectivity index (χ0v) is 8.80. The molecular weight excluding hydrogens is 210 g/mol. The van der Waals surface area contributed by atoms with Gasteiger partial charge in [-0.1, -0.05) is 0 Å². The van der Waals surface area contributed by atoms with E-state index in [9.17, 15) is 14.9 Å². The molecular formula is C10H9N3O3. The first-order valence-electron chi connectivity index (χ1n) is 4.62. The summed E-state index contributed by atoms with van der Waals surface area (Å²) in [6, 6.07) is 4.12. The number of benzene rings is 1. The summed E-state index contributed by atoms with van der Waals surface area (Å²) in [5, 5.41) is 11.0. The fourth-order valence-electron chi connectivity index (χ4n) is 1.55. The lowest BCUT2D eigenvalue weighted by Gasteiger charge is -2.06. The van der Waals surface area contributed by atoms with Gasteiger partial charge < -0.3 is 4.57 Å². The third-order valence-electron chi connectivity index (χ3n) is 2.53. The number of aromatic nitrogens is 2. The highest BCUT2D eigenvalue weighted by atomic mass is 16.6. The number of nitro benzene ring substituents is 1. The lowest BCUT2D eigenvalue weighted by Crippen LogP contribution is -2.14. The average molecular weight is 219 g/mol. The van der Waals surface area contributed by atoms with Gasteiger partial charge in [-0.3, -0.25) is 14.9 Å². The number of hydrogen-bond donors (Lipinski definition) is 0. The second-order valence-electron chi connectivity index (χ2n) is 3.48. The summed E-state index contributed by atoms with van der Waals surface area (Å²) < 4.78 is 1.66. The van der Waals surface area contributed by atoms with Crippen LogP contribution < -0.4 is 5.56 Å². The van der Waals surface area contributed by atoms with Gasteiger partial charge in [-0.2, -0.15) is 4.98 Å². The smallest absolute Gasteiger partial charge is 0.280 e. The minimum absolute atomic E-state index is 0.0342. The molecule has 0 aliphatic carbocycles. The first-order valence-corrected chi connectivity index (χ1v) is 4.62. The zero-order chi connectivity index (χ0) is 11.9. The van der Waals surface area contributed by atoms with E-state index >= 15 is 0 Å². The molecule has 0 aliphatic rings. The Labute approximate surface area is 90.3 Å². The second-order valence-corrected chi connectivity index (χ2v) is 3.48. The molecule has 1 heterocycles. The van der Waals surface area contributed by atoms with Crippen LogP contribution in [0, 0.1) is 17.0 Å². The van der Waals surface area contributed by atoms with E-state index in [0.717, 1.165) is 0 Å². The highest BCUT2D eigenvalue weighted by Gasteiger charge is 2.10. The molecule has 0 saturated carbocycles. The Morgan fingerprint density at radius 3 is 2.75 bits per heavy atom. The molecule has 0 radical (unpaired) electrons. The Bertz CT molecular complexity index is 646. The van der Waals surface area contributed by atoms with Crippen LogP contribution in [0.15, 0.2) is 23.0 Å². The average Bonchev–Trinajstić information content (AvgIpc) is 2.25. The maximum Gasteiger partial charge on any atom is 0.280 e. The van der Waals surface area contributed by atoms with Crippen molar-refractivity contribution in [1.82, 2.24) is 9.55 Å². The topological polar surface area (TPSA) is 78.0 Å². The van der Waals surface area contributed by atoms with Crippen molar-refractivity contribution in [1.29, 1.82) is 0 Å². The van der Waals surface area contributed by atoms with Gasteiger partial charge in [-0.15, -0.1) is 0 Å². The van der Waals surface area contributed by atoms with E-state index in [1.807, 2.05) is 0 Å². The van der Waals surface area contributed by atoms with Crippen LogP contribution in [0.1, 0.15) is 5.82 Å². The van der Waals surface area contributed by atoms with E-state index in [-0.39, 0.29) is 11.2 Å². The van der Waals surface area contributed by atoms with Crippen molar-refractivity contribution < 1.29 is 4.92 Å². The monoisotopic (exact) mass is 219 g/mol. The molecule has 0 saturated heterocycles.